The molecule has 0 saturated carbocycles. The first-order chi connectivity index (χ1) is 7.98. The van der Waals surface area contributed by atoms with Crippen molar-refractivity contribution in [2.75, 3.05) is 0 Å². The van der Waals surface area contributed by atoms with Gasteiger partial charge in [-0.05, 0) is 71.3 Å². The molecule has 0 radical (unpaired) electrons. The Balaban J connectivity index is 2.30. The third kappa shape index (κ3) is 1.64. The topological polar surface area (TPSA) is 0 Å². The van der Waals surface area contributed by atoms with Gasteiger partial charge < -0.3 is 0 Å². The highest BCUT2D eigenvalue weighted by Gasteiger charge is 2.32. The van der Waals surface area contributed by atoms with Crippen molar-refractivity contribution >= 4 is 0 Å². The Morgan fingerprint density at radius 3 is 2.53 bits per heavy atom. The summed E-state index contributed by atoms with van der Waals surface area (Å²) < 4.78 is 0. The molecule has 0 nitrogen and oxygen atoms in total. The lowest BCUT2D eigenvalue weighted by molar-refractivity contribution is 0.569. The van der Waals surface area contributed by atoms with Crippen molar-refractivity contribution in [2.45, 2.75) is 71.1 Å². The summed E-state index contributed by atoms with van der Waals surface area (Å²) in [5.41, 5.74) is 8.81. The fourth-order valence-corrected chi connectivity index (χ4v) is 3.97. The summed E-state index contributed by atoms with van der Waals surface area (Å²) in [4.78, 5) is 0. The average Bonchev–Trinajstić information content (AvgIpc) is 2.81. The van der Waals surface area contributed by atoms with Gasteiger partial charge in [-0.2, -0.15) is 0 Å². The predicted octanol–water partition coefficient (Wildman–Crippen LogP) is 4.52. The van der Waals surface area contributed by atoms with Gasteiger partial charge >= 0.3 is 0 Å². The average molecular weight is 228 g/mol. The minimum absolute atomic E-state index is 0.318. The largest absolute Gasteiger partial charge is 0.0584 e. The van der Waals surface area contributed by atoms with Gasteiger partial charge in [0, 0.05) is 0 Å². The van der Waals surface area contributed by atoms with Crippen LogP contribution in [0.3, 0.4) is 0 Å². The molecular weight excluding hydrogens is 204 g/mol. The van der Waals surface area contributed by atoms with E-state index in [2.05, 4.69) is 33.8 Å². The van der Waals surface area contributed by atoms with Crippen molar-refractivity contribution < 1.29 is 0 Å². The van der Waals surface area contributed by atoms with Crippen LogP contribution >= 0.6 is 0 Å². The summed E-state index contributed by atoms with van der Waals surface area (Å²) in [6.45, 7) is 9.60. The molecule has 1 atom stereocenters. The molecule has 92 valence electrons. The van der Waals surface area contributed by atoms with E-state index in [1.807, 2.05) is 0 Å². The lowest BCUT2D eigenvalue weighted by atomic mass is 9.76. The Bertz CT molecular complexity index is 460. The highest BCUT2D eigenvalue weighted by Crippen LogP contribution is 2.45. The van der Waals surface area contributed by atoms with Gasteiger partial charge in [-0.25, -0.2) is 0 Å². The highest BCUT2D eigenvalue weighted by molar-refractivity contribution is 5.54. The van der Waals surface area contributed by atoms with Gasteiger partial charge in [-0.1, -0.05) is 33.8 Å². The van der Waals surface area contributed by atoms with E-state index in [4.69, 9.17) is 0 Å². The van der Waals surface area contributed by atoms with Gasteiger partial charge in [0.05, 0.1) is 0 Å². The monoisotopic (exact) mass is 228 g/mol. The Labute approximate surface area is 105 Å². The maximum atomic E-state index is 2.54. The zero-order valence-corrected chi connectivity index (χ0v) is 11.7. The first-order valence-electron chi connectivity index (χ1n) is 7.16. The summed E-state index contributed by atoms with van der Waals surface area (Å²) in [5.74, 6) is 0.783. The zero-order valence-electron chi connectivity index (χ0n) is 11.7. The molecule has 0 heteroatoms. The summed E-state index contributed by atoms with van der Waals surface area (Å²) >= 11 is 0. The second-order valence-electron chi connectivity index (χ2n) is 7.01. The molecule has 0 amide bonds. The van der Waals surface area contributed by atoms with E-state index in [1.54, 1.807) is 27.8 Å². The minimum Gasteiger partial charge on any atom is -0.0584 e. The summed E-state index contributed by atoms with van der Waals surface area (Å²) in [5, 5.41) is 0. The number of benzene rings is 1. The van der Waals surface area contributed by atoms with Crippen molar-refractivity contribution in [3.05, 3.63) is 33.9 Å². The van der Waals surface area contributed by atoms with Crippen LogP contribution in [0.4, 0.5) is 0 Å². The number of aryl methyl sites for hydroxylation is 2. The normalized spacial score (nSPS) is 22.7. The smallest absolute Gasteiger partial charge is 0.0126 e. The minimum atomic E-state index is 0.318. The van der Waals surface area contributed by atoms with Crippen LogP contribution in [-0.2, 0) is 24.7 Å². The van der Waals surface area contributed by atoms with E-state index in [1.165, 1.54) is 32.1 Å². The molecular formula is C17H24. The zero-order chi connectivity index (χ0) is 12.2. The van der Waals surface area contributed by atoms with Gasteiger partial charge in [-0.15, -0.1) is 0 Å². The van der Waals surface area contributed by atoms with Crippen LogP contribution in [0.15, 0.2) is 6.07 Å². The maximum Gasteiger partial charge on any atom is -0.0126 e. The Morgan fingerprint density at radius 2 is 1.82 bits per heavy atom. The molecule has 3 rings (SSSR count). The van der Waals surface area contributed by atoms with E-state index in [9.17, 15) is 0 Å². The molecule has 0 aliphatic heterocycles. The molecule has 0 aromatic heterocycles. The molecule has 2 aliphatic carbocycles. The van der Waals surface area contributed by atoms with Crippen molar-refractivity contribution in [1.29, 1.82) is 0 Å². The molecule has 0 N–H and O–H groups in total. The lowest BCUT2D eigenvalue weighted by Gasteiger charge is -2.28. The van der Waals surface area contributed by atoms with E-state index in [0.717, 1.165) is 5.92 Å². The Hall–Kier alpha value is -0.780. The van der Waals surface area contributed by atoms with Gasteiger partial charge in [0.25, 0.3) is 0 Å². The van der Waals surface area contributed by atoms with Crippen molar-refractivity contribution in [1.82, 2.24) is 0 Å². The standard InChI is InChI=1S/C17H24/c1-11-8-9-13-10-12-6-5-7-14(12)16(15(11)13)17(2,3)4/h10-11H,5-9H2,1-4H3/t11-/m1/s1. The molecule has 0 heterocycles. The van der Waals surface area contributed by atoms with Crippen LogP contribution in [-0.4, -0.2) is 0 Å². The van der Waals surface area contributed by atoms with Crippen molar-refractivity contribution in [3.8, 4) is 0 Å². The van der Waals surface area contributed by atoms with Crippen LogP contribution in [0, 0.1) is 0 Å². The van der Waals surface area contributed by atoms with E-state index >= 15 is 0 Å². The summed E-state index contributed by atoms with van der Waals surface area (Å²) in [7, 11) is 0. The molecule has 0 fully saturated rings. The summed E-state index contributed by atoms with van der Waals surface area (Å²) in [6, 6.07) is 2.54. The third-order valence-electron chi connectivity index (χ3n) is 4.62. The van der Waals surface area contributed by atoms with Gasteiger partial charge in [0.2, 0.25) is 0 Å². The van der Waals surface area contributed by atoms with Gasteiger partial charge in [0.1, 0.15) is 0 Å². The van der Waals surface area contributed by atoms with Crippen LogP contribution in [0.1, 0.15) is 74.3 Å². The van der Waals surface area contributed by atoms with Gasteiger partial charge in [0.15, 0.2) is 0 Å². The first kappa shape index (κ1) is 11.3. The van der Waals surface area contributed by atoms with E-state index in [0.29, 0.717) is 5.41 Å². The SMILES string of the molecule is C[C@@H]1CCc2cc3c(c(C(C)(C)C)c21)CCC3. The first-order valence-corrected chi connectivity index (χ1v) is 7.16. The van der Waals surface area contributed by atoms with Crippen LogP contribution in [0.2, 0.25) is 0 Å². The molecule has 0 saturated heterocycles. The number of rotatable bonds is 0. The molecule has 1 aromatic rings. The number of fused-ring (bicyclic) bond motifs is 2. The van der Waals surface area contributed by atoms with Gasteiger partial charge in [-0.3, -0.25) is 0 Å². The maximum absolute atomic E-state index is 2.54. The molecule has 17 heavy (non-hydrogen) atoms. The Kier molecular flexibility index (Phi) is 2.40. The molecule has 2 aliphatic rings. The second kappa shape index (κ2) is 3.60. The van der Waals surface area contributed by atoms with E-state index in [-0.39, 0.29) is 0 Å². The highest BCUT2D eigenvalue weighted by atomic mass is 14.4. The molecule has 1 aromatic carbocycles. The van der Waals surface area contributed by atoms with Crippen LogP contribution in [0.25, 0.3) is 0 Å². The fourth-order valence-electron chi connectivity index (χ4n) is 3.97. The Morgan fingerprint density at radius 1 is 1.06 bits per heavy atom. The number of hydrogen-bond donors (Lipinski definition) is 0. The van der Waals surface area contributed by atoms with E-state index < -0.39 is 0 Å². The molecule has 0 spiro atoms. The number of hydrogen-bond acceptors (Lipinski definition) is 0. The van der Waals surface area contributed by atoms with Crippen LogP contribution < -0.4 is 0 Å². The second-order valence-corrected chi connectivity index (χ2v) is 7.01. The van der Waals surface area contributed by atoms with Crippen molar-refractivity contribution in [3.63, 3.8) is 0 Å². The summed E-state index contributed by atoms with van der Waals surface area (Å²) in [6.07, 6.45) is 6.69. The van der Waals surface area contributed by atoms with Crippen molar-refractivity contribution in [2.24, 2.45) is 0 Å². The third-order valence-corrected chi connectivity index (χ3v) is 4.62. The quantitative estimate of drug-likeness (QED) is 0.612. The molecule has 0 unspecified atom stereocenters. The lowest BCUT2D eigenvalue weighted by Crippen LogP contribution is -2.18. The fraction of sp³-hybridized carbons (Fsp3) is 0.647. The van der Waals surface area contributed by atoms with Crippen LogP contribution in [0.5, 0.6) is 0 Å². The predicted molar refractivity (Wildman–Crippen MR) is 73.9 cm³/mol. The molecule has 0 bridgehead atoms.